The number of amides is 1. The van der Waals surface area contributed by atoms with Crippen LogP contribution in [0.1, 0.15) is 35.3 Å². The molecule has 150 valence electrons. The molecule has 1 amide bonds. The van der Waals surface area contributed by atoms with Crippen molar-refractivity contribution in [2.45, 2.75) is 26.9 Å². The van der Waals surface area contributed by atoms with E-state index in [9.17, 15) is 4.79 Å². The van der Waals surface area contributed by atoms with E-state index in [4.69, 9.17) is 4.74 Å². The minimum absolute atomic E-state index is 0.00168. The molecule has 0 aliphatic carbocycles. The van der Waals surface area contributed by atoms with E-state index in [0.29, 0.717) is 31.1 Å². The van der Waals surface area contributed by atoms with Gasteiger partial charge < -0.3 is 20.3 Å². The lowest BCUT2D eigenvalue weighted by Crippen LogP contribution is -2.36. The zero-order valence-electron chi connectivity index (χ0n) is 17.0. The molecule has 1 aromatic carbocycles. The van der Waals surface area contributed by atoms with Crippen LogP contribution in [-0.2, 0) is 13.1 Å². The number of hydrogen-bond donors (Lipinski definition) is 2. The molecule has 0 spiro atoms. The van der Waals surface area contributed by atoms with Gasteiger partial charge in [-0.3, -0.25) is 4.79 Å². The Labute approximate surface area is 166 Å². The fraction of sp³-hybridized carbons (Fsp3) is 0.381. The maximum absolute atomic E-state index is 12.0. The zero-order valence-corrected chi connectivity index (χ0v) is 17.0. The molecule has 0 atom stereocenters. The molecule has 0 aliphatic rings. The molecule has 2 N–H and O–H groups in total. The lowest BCUT2D eigenvalue weighted by atomic mass is 10.1. The number of hydrogen-bond acceptors (Lipinski definition) is 4. The van der Waals surface area contributed by atoms with Crippen LogP contribution in [0.25, 0.3) is 0 Å². The van der Waals surface area contributed by atoms with E-state index >= 15 is 0 Å². The number of nitrogens with one attached hydrogen (secondary N) is 2. The van der Waals surface area contributed by atoms with Gasteiger partial charge in [0.2, 0.25) is 5.88 Å². The second kappa shape index (κ2) is 10.9. The predicted octanol–water partition coefficient (Wildman–Crippen LogP) is 2.44. The summed E-state index contributed by atoms with van der Waals surface area (Å²) in [5.41, 5.74) is 2.78. The van der Waals surface area contributed by atoms with E-state index in [1.54, 1.807) is 25.2 Å². The van der Waals surface area contributed by atoms with Gasteiger partial charge in [0.25, 0.3) is 5.91 Å². The molecular weight excluding hydrogens is 354 g/mol. The molecule has 0 bridgehead atoms. The first-order valence-corrected chi connectivity index (χ1v) is 9.44. The summed E-state index contributed by atoms with van der Waals surface area (Å²) in [4.78, 5) is 22.3. The third-order valence-electron chi connectivity index (χ3n) is 3.92. The summed E-state index contributed by atoms with van der Waals surface area (Å²) in [6.07, 6.45) is 1.73. The molecule has 1 heterocycles. The quantitative estimate of drug-likeness (QED) is 0.541. The van der Waals surface area contributed by atoms with Gasteiger partial charge in [0, 0.05) is 45.0 Å². The largest absolute Gasteiger partial charge is 0.478 e. The third-order valence-corrected chi connectivity index (χ3v) is 3.92. The van der Waals surface area contributed by atoms with Gasteiger partial charge in [-0.25, -0.2) is 9.98 Å². The molecule has 7 nitrogen and oxygen atoms in total. The molecule has 1 aromatic heterocycles. The minimum Gasteiger partial charge on any atom is -0.478 e. The summed E-state index contributed by atoms with van der Waals surface area (Å²) >= 11 is 0. The number of pyridine rings is 1. The Balaban J connectivity index is 1.97. The maximum Gasteiger partial charge on any atom is 0.253 e. The Morgan fingerprint density at radius 3 is 2.50 bits per heavy atom. The van der Waals surface area contributed by atoms with Gasteiger partial charge in [0.15, 0.2) is 5.96 Å². The average molecular weight is 383 g/mol. The highest BCUT2D eigenvalue weighted by Crippen LogP contribution is 2.10. The van der Waals surface area contributed by atoms with Crippen LogP contribution in [0.2, 0.25) is 0 Å². The summed E-state index contributed by atoms with van der Waals surface area (Å²) in [6, 6.07) is 11.4. The highest BCUT2D eigenvalue weighted by molar-refractivity contribution is 5.93. The third kappa shape index (κ3) is 6.57. The van der Waals surface area contributed by atoms with Crippen molar-refractivity contribution in [1.29, 1.82) is 0 Å². The van der Waals surface area contributed by atoms with Gasteiger partial charge >= 0.3 is 0 Å². The number of ether oxygens (including phenoxy) is 1. The summed E-state index contributed by atoms with van der Waals surface area (Å²) in [6.45, 7) is 6.45. The van der Waals surface area contributed by atoms with Crippen molar-refractivity contribution in [1.82, 2.24) is 20.5 Å². The van der Waals surface area contributed by atoms with Gasteiger partial charge in [-0.15, -0.1) is 0 Å². The van der Waals surface area contributed by atoms with Crippen LogP contribution in [0.3, 0.4) is 0 Å². The SMILES string of the molecule is CCNC(=NCc1ccnc(OCC)c1)NCc1ccc(C(=O)N(C)C)cc1. The van der Waals surface area contributed by atoms with Gasteiger partial charge in [-0.2, -0.15) is 0 Å². The number of aliphatic imine (C=N–C) groups is 1. The Morgan fingerprint density at radius 2 is 1.86 bits per heavy atom. The minimum atomic E-state index is -0.00168. The lowest BCUT2D eigenvalue weighted by molar-refractivity contribution is 0.0827. The van der Waals surface area contributed by atoms with Gasteiger partial charge in [-0.1, -0.05) is 12.1 Å². The van der Waals surface area contributed by atoms with Crippen LogP contribution in [0.4, 0.5) is 0 Å². The molecule has 7 heteroatoms. The van der Waals surface area contributed by atoms with Gasteiger partial charge in [0.1, 0.15) is 0 Å². The topological polar surface area (TPSA) is 78.9 Å². The van der Waals surface area contributed by atoms with Crippen LogP contribution in [-0.4, -0.2) is 49.0 Å². The van der Waals surface area contributed by atoms with Crippen LogP contribution in [0.15, 0.2) is 47.6 Å². The number of nitrogens with zero attached hydrogens (tertiary/aromatic N) is 3. The molecule has 2 aromatic rings. The second-order valence-electron chi connectivity index (χ2n) is 6.38. The molecule has 0 fully saturated rings. The van der Waals surface area contributed by atoms with Crippen molar-refractivity contribution < 1.29 is 9.53 Å². The van der Waals surface area contributed by atoms with Crippen molar-refractivity contribution >= 4 is 11.9 Å². The number of carbonyl (C=O) groups excluding carboxylic acids is 1. The van der Waals surface area contributed by atoms with Crippen LogP contribution in [0.5, 0.6) is 5.88 Å². The fourth-order valence-corrected chi connectivity index (χ4v) is 2.50. The molecule has 0 saturated heterocycles. The van der Waals surface area contributed by atoms with E-state index in [1.165, 1.54) is 0 Å². The highest BCUT2D eigenvalue weighted by Gasteiger charge is 2.07. The lowest BCUT2D eigenvalue weighted by Gasteiger charge is -2.13. The second-order valence-corrected chi connectivity index (χ2v) is 6.38. The number of rotatable bonds is 8. The first kappa shape index (κ1) is 21.2. The summed E-state index contributed by atoms with van der Waals surface area (Å²) in [7, 11) is 3.49. The maximum atomic E-state index is 12.0. The first-order valence-electron chi connectivity index (χ1n) is 9.44. The Bertz CT molecular complexity index is 788. The summed E-state index contributed by atoms with van der Waals surface area (Å²) in [5, 5.41) is 6.55. The van der Waals surface area contributed by atoms with Crippen molar-refractivity contribution in [3.05, 3.63) is 59.3 Å². The average Bonchev–Trinajstić information content (AvgIpc) is 2.70. The van der Waals surface area contributed by atoms with Crippen molar-refractivity contribution in [2.24, 2.45) is 4.99 Å². The van der Waals surface area contributed by atoms with E-state index in [1.807, 2.05) is 50.2 Å². The normalized spacial score (nSPS) is 11.1. The Kier molecular flexibility index (Phi) is 8.27. The standard InChI is InChI=1S/C21H29N5O2/c1-5-22-21(25-15-17-11-12-23-19(13-17)28-6-2)24-14-16-7-9-18(10-8-16)20(27)26(3)4/h7-13H,5-6,14-15H2,1-4H3,(H2,22,24,25). The van der Waals surface area contributed by atoms with Crippen molar-refractivity contribution in [2.75, 3.05) is 27.2 Å². The van der Waals surface area contributed by atoms with E-state index < -0.39 is 0 Å². The number of carbonyl (C=O) groups is 1. The van der Waals surface area contributed by atoms with Gasteiger partial charge in [0.05, 0.1) is 13.2 Å². The van der Waals surface area contributed by atoms with Crippen LogP contribution < -0.4 is 15.4 Å². The monoisotopic (exact) mass is 383 g/mol. The predicted molar refractivity (Wildman–Crippen MR) is 112 cm³/mol. The molecule has 0 radical (unpaired) electrons. The molecule has 0 aliphatic heterocycles. The van der Waals surface area contributed by atoms with Crippen LogP contribution in [0, 0.1) is 0 Å². The summed E-state index contributed by atoms with van der Waals surface area (Å²) < 4.78 is 5.43. The fourth-order valence-electron chi connectivity index (χ4n) is 2.50. The molecule has 28 heavy (non-hydrogen) atoms. The number of guanidine groups is 1. The number of aromatic nitrogens is 1. The Morgan fingerprint density at radius 1 is 1.11 bits per heavy atom. The Hall–Kier alpha value is -3.09. The molecule has 2 rings (SSSR count). The van der Waals surface area contributed by atoms with E-state index in [-0.39, 0.29) is 5.91 Å². The van der Waals surface area contributed by atoms with E-state index in [2.05, 4.69) is 20.6 Å². The number of benzene rings is 1. The molecule has 0 saturated carbocycles. The zero-order chi connectivity index (χ0) is 20.4. The molecular formula is C21H29N5O2. The highest BCUT2D eigenvalue weighted by atomic mass is 16.5. The van der Waals surface area contributed by atoms with Crippen molar-refractivity contribution in [3.8, 4) is 5.88 Å². The smallest absolute Gasteiger partial charge is 0.253 e. The summed E-state index contributed by atoms with van der Waals surface area (Å²) in [5.74, 6) is 1.34. The van der Waals surface area contributed by atoms with Crippen LogP contribution >= 0.6 is 0 Å². The first-order chi connectivity index (χ1) is 13.5. The molecule has 0 unspecified atom stereocenters. The van der Waals surface area contributed by atoms with Crippen molar-refractivity contribution in [3.63, 3.8) is 0 Å². The van der Waals surface area contributed by atoms with E-state index in [0.717, 1.165) is 23.6 Å². The van der Waals surface area contributed by atoms with Gasteiger partial charge in [-0.05, 0) is 43.2 Å².